The number of hydrogen-bond acceptors (Lipinski definition) is 7. The Hall–Kier alpha value is -4.95. The second-order valence-electron chi connectivity index (χ2n) is 9.54. The number of aromatic amines is 1. The van der Waals surface area contributed by atoms with Crippen molar-refractivity contribution >= 4 is 34.0 Å². The number of aromatic nitrogens is 3. The van der Waals surface area contributed by atoms with E-state index in [0.717, 1.165) is 49.7 Å². The predicted molar refractivity (Wildman–Crippen MR) is 163 cm³/mol. The molecule has 0 spiro atoms. The molecule has 8 heteroatoms. The van der Waals surface area contributed by atoms with Crippen LogP contribution in [0, 0.1) is 0 Å². The van der Waals surface area contributed by atoms with E-state index < -0.39 is 5.97 Å². The second kappa shape index (κ2) is 11.7. The van der Waals surface area contributed by atoms with Gasteiger partial charge in [-0.2, -0.15) is 0 Å². The zero-order valence-corrected chi connectivity index (χ0v) is 23.5. The molecule has 0 atom stereocenters. The van der Waals surface area contributed by atoms with Gasteiger partial charge in [0, 0.05) is 47.4 Å². The van der Waals surface area contributed by atoms with E-state index in [0.29, 0.717) is 24.4 Å². The molecule has 0 aliphatic rings. The fraction of sp³-hybridized carbons (Fsp3) is 0.121. The fourth-order valence-electron chi connectivity index (χ4n) is 4.99. The maximum absolute atomic E-state index is 12.8. The number of carbonyl (C=O) groups is 1. The van der Waals surface area contributed by atoms with Gasteiger partial charge in [0.25, 0.3) is 0 Å². The van der Waals surface area contributed by atoms with E-state index >= 15 is 0 Å². The van der Waals surface area contributed by atoms with Crippen molar-refractivity contribution in [3.05, 3.63) is 119 Å². The molecule has 7 nitrogen and oxygen atoms in total. The molecular weight excluding hydrogens is 532 g/mol. The van der Waals surface area contributed by atoms with E-state index in [1.54, 1.807) is 30.8 Å². The molecule has 204 valence electrons. The van der Waals surface area contributed by atoms with Crippen LogP contribution in [0.25, 0.3) is 32.7 Å². The first-order valence-electron chi connectivity index (χ1n) is 13.2. The van der Waals surface area contributed by atoms with Crippen molar-refractivity contribution in [3.63, 3.8) is 0 Å². The van der Waals surface area contributed by atoms with Crippen LogP contribution in [0.4, 0.5) is 5.82 Å². The smallest absolute Gasteiger partial charge is 0.340 e. The van der Waals surface area contributed by atoms with Gasteiger partial charge in [0.1, 0.15) is 10.8 Å². The van der Waals surface area contributed by atoms with Gasteiger partial charge in [-0.05, 0) is 29.3 Å². The molecule has 0 fully saturated rings. The third-order valence-electron chi connectivity index (χ3n) is 6.96. The number of H-pyrrole nitrogens is 1. The number of fused-ring (bicyclic) bond motifs is 1. The molecule has 0 radical (unpaired) electrons. The summed E-state index contributed by atoms with van der Waals surface area (Å²) >= 11 is 1.58. The molecule has 0 aliphatic carbocycles. The van der Waals surface area contributed by atoms with Crippen molar-refractivity contribution in [2.24, 2.45) is 0 Å². The maximum Gasteiger partial charge on any atom is 0.340 e. The van der Waals surface area contributed by atoms with E-state index in [1.807, 2.05) is 66.0 Å². The molecule has 0 aliphatic heterocycles. The van der Waals surface area contributed by atoms with Crippen LogP contribution in [0.3, 0.4) is 0 Å². The number of nitrogens with zero attached hydrogens (tertiary/aromatic N) is 3. The van der Waals surface area contributed by atoms with Gasteiger partial charge in [-0.1, -0.05) is 66.7 Å². The number of methoxy groups -OCH3 is 2. The molecule has 6 aromatic rings. The number of thiazole rings is 1. The highest BCUT2D eigenvalue weighted by atomic mass is 32.1. The molecule has 3 heterocycles. The highest BCUT2D eigenvalue weighted by molar-refractivity contribution is 7.13. The van der Waals surface area contributed by atoms with E-state index in [-0.39, 0.29) is 0 Å². The lowest BCUT2D eigenvalue weighted by Crippen LogP contribution is -2.24. The summed E-state index contributed by atoms with van der Waals surface area (Å²) in [4.78, 5) is 27.9. The number of pyridine rings is 1. The Morgan fingerprint density at radius 2 is 1.61 bits per heavy atom. The van der Waals surface area contributed by atoms with Gasteiger partial charge in [0.15, 0.2) is 5.82 Å². The van der Waals surface area contributed by atoms with Crippen LogP contribution in [0.2, 0.25) is 0 Å². The average molecular weight is 561 g/mol. The van der Waals surface area contributed by atoms with Gasteiger partial charge in [-0.25, -0.2) is 14.8 Å². The van der Waals surface area contributed by atoms with E-state index in [9.17, 15) is 4.79 Å². The molecule has 0 amide bonds. The zero-order valence-electron chi connectivity index (χ0n) is 22.7. The molecular formula is C33H28N4O3S. The van der Waals surface area contributed by atoms with Crippen molar-refractivity contribution in [3.8, 4) is 27.6 Å². The van der Waals surface area contributed by atoms with Crippen LogP contribution >= 0.6 is 11.3 Å². The van der Waals surface area contributed by atoms with Crippen molar-refractivity contribution in [1.82, 2.24) is 15.0 Å². The molecule has 0 unspecified atom stereocenters. The van der Waals surface area contributed by atoms with Crippen LogP contribution in [0.5, 0.6) is 5.75 Å². The quantitative estimate of drug-likeness (QED) is 0.186. The zero-order chi connectivity index (χ0) is 28.2. The van der Waals surface area contributed by atoms with Crippen LogP contribution in [-0.4, -0.2) is 35.1 Å². The van der Waals surface area contributed by atoms with Gasteiger partial charge in [0.05, 0.1) is 31.0 Å². The summed E-state index contributed by atoms with van der Waals surface area (Å²) in [5, 5.41) is 3.60. The predicted octanol–water partition coefficient (Wildman–Crippen LogP) is 7.36. The van der Waals surface area contributed by atoms with Crippen molar-refractivity contribution < 1.29 is 14.3 Å². The highest BCUT2D eigenvalue weighted by Crippen LogP contribution is 2.38. The Morgan fingerprint density at radius 1 is 0.902 bits per heavy atom. The molecule has 0 bridgehead atoms. The van der Waals surface area contributed by atoms with E-state index in [1.165, 1.54) is 7.11 Å². The minimum absolute atomic E-state index is 0.395. The van der Waals surface area contributed by atoms with Gasteiger partial charge in [-0.3, -0.25) is 0 Å². The number of carbonyl (C=O) groups excluding carboxylic acids is 1. The first-order chi connectivity index (χ1) is 20.1. The van der Waals surface area contributed by atoms with Crippen LogP contribution in [0.1, 0.15) is 21.5 Å². The standard InChI is InChI=1S/C33H28N4O3S/c1-39-29-17-24(32-34-15-16-41-32)13-14-25(29)28-18-26-27(33(38)40-2)19-35-31(30(26)36-28)37(20-22-9-5-3-6-10-22)21-23-11-7-4-8-12-23/h3-19,36H,20-21H2,1-2H3. The fourth-order valence-corrected chi connectivity index (χ4v) is 5.62. The van der Waals surface area contributed by atoms with Gasteiger partial charge >= 0.3 is 5.97 Å². The Morgan fingerprint density at radius 3 is 2.22 bits per heavy atom. The summed E-state index contributed by atoms with van der Waals surface area (Å²) in [5.74, 6) is 0.997. The van der Waals surface area contributed by atoms with Crippen molar-refractivity contribution in [1.29, 1.82) is 0 Å². The normalized spacial score (nSPS) is 11.0. The summed E-state index contributed by atoms with van der Waals surface area (Å²) in [6.07, 6.45) is 3.39. The average Bonchev–Trinajstić information content (AvgIpc) is 3.72. The number of hydrogen-bond donors (Lipinski definition) is 1. The topological polar surface area (TPSA) is 80.3 Å². The van der Waals surface area contributed by atoms with Crippen LogP contribution in [0.15, 0.2) is 103 Å². The SMILES string of the molecule is COC(=O)c1cnc(N(Cc2ccccc2)Cc2ccccc2)c2[nH]c(-c3ccc(-c4nccs4)cc3OC)cc12. The summed E-state index contributed by atoms with van der Waals surface area (Å²) in [6, 6.07) is 28.6. The summed E-state index contributed by atoms with van der Waals surface area (Å²) < 4.78 is 10.9. The van der Waals surface area contributed by atoms with Crippen LogP contribution in [-0.2, 0) is 17.8 Å². The van der Waals surface area contributed by atoms with Crippen molar-refractivity contribution in [2.45, 2.75) is 13.1 Å². The molecule has 41 heavy (non-hydrogen) atoms. The maximum atomic E-state index is 12.8. The molecule has 1 N–H and O–H groups in total. The Kier molecular flexibility index (Phi) is 7.47. The highest BCUT2D eigenvalue weighted by Gasteiger charge is 2.22. The summed E-state index contributed by atoms with van der Waals surface area (Å²) in [5.41, 5.74) is 6.10. The molecule has 6 rings (SSSR count). The first kappa shape index (κ1) is 26.3. The molecule has 3 aromatic carbocycles. The lowest BCUT2D eigenvalue weighted by molar-refractivity contribution is 0.0602. The molecule has 0 saturated heterocycles. The van der Waals surface area contributed by atoms with Gasteiger partial charge in [0.2, 0.25) is 0 Å². The monoisotopic (exact) mass is 560 g/mol. The lowest BCUT2D eigenvalue weighted by Gasteiger charge is -2.25. The second-order valence-corrected chi connectivity index (χ2v) is 10.4. The number of nitrogens with one attached hydrogen (secondary N) is 1. The minimum Gasteiger partial charge on any atom is -0.496 e. The lowest BCUT2D eigenvalue weighted by atomic mass is 10.1. The minimum atomic E-state index is -0.441. The number of anilines is 1. The first-order valence-corrected chi connectivity index (χ1v) is 14.0. The largest absolute Gasteiger partial charge is 0.496 e. The number of benzene rings is 3. The molecule has 0 saturated carbocycles. The van der Waals surface area contributed by atoms with E-state index in [2.05, 4.69) is 39.1 Å². The van der Waals surface area contributed by atoms with Crippen LogP contribution < -0.4 is 9.64 Å². The number of rotatable bonds is 9. The number of ether oxygens (including phenoxy) is 2. The Labute approximate surface area is 242 Å². The third-order valence-corrected chi connectivity index (χ3v) is 7.78. The summed E-state index contributed by atoms with van der Waals surface area (Å²) in [7, 11) is 3.04. The van der Waals surface area contributed by atoms with Crippen molar-refractivity contribution in [2.75, 3.05) is 19.1 Å². The van der Waals surface area contributed by atoms with Gasteiger partial charge < -0.3 is 19.4 Å². The Bertz CT molecular complexity index is 1740. The number of esters is 1. The van der Waals surface area contributed by atoms with Gasteiger partial charge in [-0.15, -0.1) is 11.3 Å². The Balaban J connectivity index is 1.50. The van der Waals surface area contributed by atoms with E-state index in [4.69, 9.17) is 14.5 Å². The third kappa shape index (κ3) is 5.42. The molecule has 3 aromatic heterocycles. The summed E-state index contributed by atoms with van der Waals surface area (Å²) in [6.45, 7) is 1.27.